The molecule has 1 aliphatic heterocycles. The third-order valence-electron chi connectivity index (χ3n) is 5.60. The standard InChI is InChI=1S/C24H20N4O5S/c1-27-21-12-18(8-10-22(21)33-14-23(27)29)34(31,32)26-17-7-9-20-19(11-17)24(30)28(15-25-20)13-16-5-3-2-4-6-16/h2-12,15,26H,13-14H2,1H3. The minimum atomic E-state index is -4.00. The number of rotatable bonds is 5. The van der Waals surface area contributed by atoms with Crippen molar-refractivity contribution in [3.8, 4) is 5.75 Å². The van der Waals surface area contributed by atoms with E-state index in [0.717, 1.165) is 5.56 Å². The maximum Gasteiger partial charge on any atom is 0.264 e. The Balaban J connectivity index is 1.47. The summed E-state index contributed by atoms with van der Waals surface area (Å²) in [4.78, 5) is 30.6. The van der Waals surface area contributed by atoms with Gasteiger partial charge >= 0.3 is 0 Å². The first kappa shape index (κ1) is 21.7. The number of benzene rings is 3. The van der Waals surface area contributed by atoms with Gasteiger partial charge in [-0.3, -0.25) is 18.9 Å². The van der Waals surface area contributed by atoms with Crippen molar-refractivity contribution in [1.29, 1.82) is 0 Å². The fourth-order valence-corrected chi connectivity index (χ4v) is 4.82. The first-order chi connectivity index (χ1) is 16.3. The van der Waals surface area contributed by atoms with Gasteiger partial charge in [0.15, 0.2) is 6.61 Å². The fourth-order valence-electron chi connectivity index (χ4n) is 3.75. The van der Waals surface area contributed by atoms with Crippen molar-refractivity contribution in [2.45, 2.75) is 11.4 Å². The van der Waals surface area contributed by atoms with E-state index in [9.17, 15) is 18.0 Å². The van der Waals surface area contributed by atoms with Crippen LogP contribution in [0.15, 0.2) is 82.7 Å². The number of sulfonamides is 1. The number of ether oxygens (including phenoxy) is 1. The van der Waals surface area contributed by atoms with Crippen molar-refractivity contribution >= 4 is 38.2 Å². The van der Waals surface area contributed by atoms with Crippen molar-refractivity contribution in [1.82, 2.24) is 9.55 Å². The van der Waals surface area contributed by atoms with Crippen LogP contribution in [0.25, 0.3) is 10.9 Å². The summed E-state index contributed by atoms with van der Waals surface area (Å²) >= 11 is 0. The summed E-state index contributed by atoms with van der Waals surface area (Å²) in [6.07, 6.45) is 1.48. The number of nitrogens with one attached hydrogen (secondary N) is 1. The summed E-state index contributed by atoms with van der Waals surface area (Å²) in [6.45, 7) is 0.253. The molecule has 0 bridgehead atoms. The van der Waals surface area contributed by atoms with Crippen LogP contribution in [0.3, 0.4) is 0 Å². The van der Waals surface area contributed by atoms with Crippen LogP contribution in [0.1, 0.15) is 5.56 Å². The van der Waals surface area contributed by atoms with Crippen LogP contribution >= 0.6 is 0 Å². The van der Waals surface area contributed by atoms with Gasteiger partial charge in [0.2, 0.25) is 0 Å². The van der Waals surface area contributed by atoms with Gasteiger partial charge in [-0.1, -0.05) is 30.3 Å². The Labute approximate surface area is 195 Å². The molecule has 10 heteroatoms. The van der Waals surface area contributed by atoms with Gasteiger partial charge in [0.05, 0.1) is 34.4 Å². The van der Waals surface area contributed by atoms with Gasteiger partial charge in [-0.2, -0.15) is 0 Å². The van der Waals surface area contributed by atoms with Crippen molar-refractivity contribution < 1.29 is 17.9 Å². The highest BCUT2D eigenvalue weighted by atomic mass is 32.2. The number of likely N-dealkylation sites (N-methyl/N-ethyl adjacent to an activating group) is 1. The van der Waals surface area contributed by atoms with E-state index in [1.165, 1.54) is 40.1 Å². The van der Waals surface area contributed by atoms with E-state index in [4.69, 9.17) is 4.74 Å². The Bertz CT molecular complexity index is 1580. The molecule has 34 heavy (non-hydrogen) atoms. The minimum absolute atomic E-state index is 0.0378. The largest absolute Gasteiger partial charge is 0.482 e. The maximum absolute atomic E-state index is 13.1. The van der Waals surface area contributed by atoms with Crippen LogP contribution in [0.4, 0.5) is 11.4 Å². The predicted octanol–water partition coefficient (Wildman–Crippen LogP) is 2.60. The zero-order valence-corrected chi connectivity index (χ0v) is 19.0. The lowest BCUT2D eigenvalue weighted by molar-refractivity contribution is -0.120. The number of aromatic nitrogens is 2. The van der Waals surface area contributed by atoms with Crippen LogP contribution in [-0.2, 0) is 21.4 Å². The predicted molar refractivity (Wildman–Crippen MR) is 128 cm³/mol. The van der Waals surface area contributed by atoms with Crippen molar-refractivity contribution in [3.05, 3.63) is 89.0 Å². The van der Waals surface area contributed by atoms with E-state index in [2.05, 4.69) is 9.71 Å². The Morgan fingerprint density at radius 3 is 2.62 bits per heavy atom. The topological polar surface area (TPSA) is 111 Å². The molecule has 0 atom stereocenters. The number of fused-ring (bicyclic) bond motifs is 2. The highest BCUT2D eigenvalue weighted by molar-refractivity contribution is 7.92. The van der Waals surface area contributed by atoms with Crippen molar-refractivity contribution in [2.75, 3.05) is 23.3 Å². The Morgan fingerprint density at radius 2 is 1.82 bits per heavy atom. The van der Waals surface area contributed by atoms with E-state index < -0.39 is 10.0 Å². The molecular weight excluding hydrogens is 456 g/mol. The van der Waals surface area contributed by atoms with Gasteiger partial charge in [-0.15, -0.1) is 0 Å². The second kappa shape index (κ2) is 8.31. The molecule has 2 heterocycles. The number of nitrogens with zero attached hydrogens (tertiary/aromatic N) is 3. The smallest absolute Gasteiger partial charge is 0.264 e. The number of anilines is 2. The van der Waals surface area contributed by atoms with Gasteiger partial charge in [0, 0.05) is 12.7 Å². The number of carbonyl (C=O) groups excluding carboxylic acids is 1. The highest BCUT2D eigenvalue weighted by Gasteiger charge is 2.25. The molecule has 0 saturated carbocycles. The van der Waals surface area contributed by atoms with Crippen LogP contribution in [-0.4, -0.2) is 37.5 Å². The molecule has 3 aromatic carbocycles. The van der Waals surface area contributed by atoms with Crippen LogP contribution < -0.4 is 19.9 Å². The summed E-state index contributed by atoms with van der Waals surface area (Å²) in [5.41, 5.74) is 1.72. The lowest BCUT2D eigenvalue weighted by Crippen LogP contribution is -2.35. The van der Waals surface area contributed by atoms with Crippen molar-refractivity contribution in [3.63, 3.8) is 0 Å². The number of amides is 1. The van der Waals surface area contributed by atoms with Gasteiger partial charge in [0.1, 0.15) is 5.75 Å². The number of carbonyl (C=O) groups is 1. The molecule has 0 spiro atoms. The molecule has 1 N–H and O–H groups in total. The summed E-state index contributed by atoms with van der Waals surface area (Å²) < 4.78 is 35.4. The van der Waals surface area contributed by atoms with E-state index in [-0.39, 0.29) is 28.7 Å². The van der Waals surface area contributed by atoms with Gasteiger partial charge in [-0.05, 0) is 42.0 Å². The van der Waals surface area contributed by atoms with E-state index in [1.54, 1.807) is 19.2 Å². The average Bonchev–Trinajstić information content (AvgIpc) is 2.84. The van der Waals surface area contributed by atoms with Crippen LogP contribution in [0.2, 0.25) is 0 Å². The average molecular weight is 477 g/mol. The molecule has 1 amide bonds. The first-order valence-electron chi connectivity index (χ1n) is 10.4. The Hall–Kier alpha value is -4.18. The normalized spacial score (nSPS) is 13.4. The number of hydrogen-bond donors (Lipinski definition) is 1. The number of hydrogen-bond acceptors (Lipinski definition) is 6. The van der Waals surface area contributed by atoms with Crippen LogP contribution in [0, 0.1) is 0 Å². The quantitative estimate of drug-likeness (QED) is 0.474. The SMILES string of the molecule is CN1C(=O)COc2ccc(S(=O)(=O)Nc3ccc4ncn(Cc5ccccc5)c(=O)c4c3)cc21. The Morgan fingerprint density at radius 1 is 1.03 bits per heavy atom. The zero-order chi connectivity index (χ0) is 23.9. The molecule has 0 unspecified atom stereocenters. The monoisotopic (exact) mass is 476 g/mol. The maximum atomic E-state index is 13.1. The zero-order valence-electron chi connectivity index (χ0n) is 18.1. The molecule has 0 saturated heterocycles. The molecule has 172 valence electrons. The third kappa shape index (κ3) is 3.99. The molecule has 1 aromatic heterocycles. The summed E-state index contributed by atoms with van der Waals surface area (Å²) in [7, 11) is -2.44. The molecule has 9 nitrogen and oxygen atoms in total. The minimum Gasteiger partial charge on any atom is -0.482 e. The molecule has 1 aliphatic rings. The molecule has 0 aliphatic carbocycles. The Kier molecular flexibility index (Phi) is 5.29. The highest BCUT2D eigenvalue weighted by Crippen LogP contribution is 2.33. The van der Waals surface area contributed by atoms with E-state index in [1.807, 2.05) is 30.3 Å². The van der Waals surface area contributed by atoms with E-state index >= 15 is 0 Å². The van der Waals surface area contributed by atoms with E-state index in [0.29, 0.717) is 28.9 Å². The van der Waals surface area contributed by atoms with Crippen LogP contribution in [0.5, 0.6) is 5.75 Å². The summed E-state index contributed by atoms with van der Waals surface area (Å²) in [5, 5.41) is 0.294. The second-order valence-electron chi connectivity index (χ2n) is 7.87. The third-order valence-corrected chi connectivity index (χ3v) is 6.98. The summed E-state index contributed by atoms with van der Waals surface area (Å²) in [6, 6.07) is 18.4. The molecule has 4 aromatic rings. The fraction of sp³-hybridized carbons (Fsp3) is 0.125. The lowest BCUT2D eigenvalue weighted by atomic mass is 10.2. The molecule has 0 radical (unpaired) electrons. The van der Waals surface area contributed by atoms with Gasteiger partial charge < -0.3 is 9.64 Å². The molecule has 0 fully saturated rings. The summed E-state index contributed by atoms with van der Waals surface area (Å²) in [5.74, 6) is 0.153. The second-order valence-corrected chi connectivity index (χ2v) is 9.55. The van der Waals surface area contributed by atoms with Gasteiger partial charge in [-0.25, -0.2) is 13.4 Å². The molecular formula is C24H20N4O5S. The van der Waals surface area contributed by atoms with Crippen molar-refractivity contribution in [2.24, 2.45) is 0 Å². The molecule has 5 rings (SSSR count). The van der Waals surface area contributed by atoms with Gasteiger partial charge in [0.25, 0.3) is 21.5 Å². The lowest BCUT2D eigenvalue weighted by Gasteiger charge is -2.26. The first-order valence-corrected chi connectivity index (χ1v) is 11.9.